The fourth-order valence-corrected chi connectivity index (χ4v) is 1.21. The largest absolute Gasteiger partial charge is 0.425 e. The van der Waals surface area contributed by atoms with E-state index >= 15 is 0 Å². The summed E-state index contributed by atoms with van der Waals surface area (Å²) in [5, 5.41) is 9.02. The minimum atomic E-state index is -0.499. The Balaban J connectivity index is 2.68. The molecule has 0 unspecified atom stereocenters. The van der Waals surface area contributed by atoms with Crippen molar-refractivity contribution >= 4 is 29.2 Å². The van der Waals surface area contributed by atoms with E-state index in [1.54, 1.807) is 6.07 Å². The predicted molar refractivity (Wildman–Crippen MR) is 56.9 cm³/mol. The molecule has 0 saturated heterocycles. The van der Waals surface area contributed by atoms with Crippen molar-refractivity contribution in [2.75, 3.05) is 0 Å². The maximum Gasteiger partial charge on any atom is 0.312 e. The first-order valence-electron chi connectivity index (χ1n) is 4.16. The highest BCUT2D eigenvalue weighted by atomic mass is 35.5. The van der Waals surface area contributed by atoms with Crippen LogP contribution in [0, 0.1) is 11.3 Å². The fourth-order valence-electron chi connectivity index (χ4n) is 0.887. The first-order chi connectivity index (χ1) is 7.13. The lowest BCUT2D eigenvalue weighted by Gasteiger charge is -2.05. The second-order valence-corrected chi connectivity index (χ2v) is 3.55. The maximum atomic E-state index is 11.2. The van der Waals surface area contributed by atoms with Crippen LogP contribution in [0.15, 0.2) is 18.2 Å². The summed E-state index contributed by atoms with van der Waals surface area (Å²) in [5.74, 6) is -0.284. The molecular formula is C10H7Cl2NO2. The van der Waals surface area contributed by atoms with Crippen molar-refractivity contribution in [2.24, 2.45) is 0 Å². The molecule has 0 fully saturated rings. The first-order valence-corrected chi connectivity index (χ1v) is 4.92. The summed E-state index contributed by atoms with van der Waals surface area (Å²) < 4.78 is 4.92. The molecule has 78 valence electrons. The van der Waals surface area contributed by atoms with Gasteiger partial charge in [-0.15, -0.1) is 0 Å². The van der Waals surface area contributed by atoms with E-state index in [4.69, 9.17) is 33.2 Å². The van der Waals surface area contributed by atoms with Gasteiger partial charge < -0.3 is 4.74 Å². The zero-order valence-electron chi connectivity index (χ0n) is 7.67. The van der Waals surface area contributed by atoms with Crippen LogP contribution in [0.4, 0.5) is 0 Å². The number of hydrogen-bond acceptors (Lipinski definition) is 3. The molecule has 0 radical (unpaired) electrons. The van der Waals surface area contributed by atoms with Crippen molar-refractivity contribution in [3.8, 4) is 11.8 Å². The summed E-state index contributed by atoms with van der Waals surface area (Å²) >= 11 is 11.5. The zero-order chi connectivity index (χ0) is 11.3. The van der Waals surface area contributed by atoms with Crippen molar-refractivity contribution < 1.29 is 9.53 Å². The van der Waals surface area contributed by atoms with Crippen molar-refractivity contribution in [2.45, 2.75) is 12.8 Å². The number of carbonyl (C=O) groups excluding carboxylic acids is 1. The average Bonchev–Trinajstić information content (AvgIpc) is 2.20. The molecule has 0 heterocycles. The summed E-state index contributed by atoms with van der Waals surface area (Å²) in [5.41, 5.74) is 0. The number of benzene rings is 1. The molecule has 1 aromatic carbocycles. The number of rotatable bonds is 3. The van der Waals surface area contributed by atoms with Crippen LogP contribution in [-0.4, -0.2) is 5.97 Å². The van der Waals surface area contributed by atoms with Gasteiger partial charge in [0.15, 0.2) is 5.75 Å². The zero-order valence-corrected chi connectivity index (χ0v) is 9.18. The van der Waals surface area contributed by atoms with Gasteiger partial charge in [0.2, 0.25) is 0 Å². The Morgan fingerprint density at radius 2 is 2.20 bits per heavy atom. The topological polar surface area (TPSA) is 50.1 Å². The molecule has 0 atom stereocenters. The molecule has 0 aliphatic carbocycles. The Bertz CT molecular complexity index is 412. The minimum absolute atomic E-state index is 0.0410. The molecule has 1 rings (SSSR count). The van der Waals surface area contributed by atoms with Gasteiger partial charge in [-0.05, 0) is 12.1 Å². The first kappa shape index (κ1) is 11.8. The molecule has 5 heteroatoms. The lowest BCUT2D eigenvalue weighted by Crippen LogP contribution is -2.07. The number of nitriles is 1. The Labute approximate surface area is 97.2 Å². The molecule has 0 amide bonds. The van der Waals surface area contributed by atoms with Crippen LogP contribution < -0.4 is 4.74 Å². The van der Waals surface area contributed by atoms with E-state index in [0.717, 1.165) is 0 Å². The number of nitrogens with zero attached hydrogens (tertiary/aromatic N) is 1. The van der Waals surface area contributed by atoms with Gasteiger partial charge in [-0.1, -0.05) is 23.2 Å². The molecule has 0 aliphatic heterocycles. The molecule has 15 heavy (non-hydrogen) atoms. The smallest absolute Gasteiger partial charge is 0.312 e. The van der Waals surface area contributed by atoms with E-state index in [2.05, 4.69) is 0 Å². The van der Waals surface area contributed by atoms with E-state index in [0.29, 0.717) is 10.0 Å². The van der Waals surface area contributed by atoms with E-state index in [-0.39, 0.29) is 18.6 Å². The maximum absolute atomic E-state index is 11.2. The average molecular weight is 244 g/mol. The molecule has 1 aromatic rings. The van der Waals surface area contributed by atoms with Gasteiger partial charge in [0.25, 0.3) is 0 Å². The van der Waals surface area contributed by atoms with Crippen LogP contribution in [0.3, 0.4) is 0 Å². The van der Waals surface area contributed by atoms with Crippen molar-refractivity contribution in [3.05, 3.63) is 28.2 Å². The highest BCUT2D eigenvalue weighted by Crippen LogP contribution is 2.27. The Hall–Kier alpha value is -1.24. The quantitative estimate of drug-likeness (QED) is 0.605. The highest BCUT2D eigenvalue weighted by Gasteiger charge is 2.08. The summed E-state index contributed by atoms with van der Waals surface area (Å²) in [6.45, 7) is 0. The third-order valence-corrected chi connectivity index (χ3v) is 2.11. The van der Waals surface area contributed by atoms with Gasteiger partial charge in [-0.3, -0.25) is 4.79 Å². The second-order valence-electron chi connectivity index (χ2n) is 2.71. The summed E-state index contributed by atoms with van der Waals surface area (Å²) in [7, 11) is 0. The summed E-state index contributed by atoms with van der Waals surface area (Å²) in [6.07, 6.45) is 0.163. The predicted octanol–water partition coefficient (Wildman–Crippen LogP) is 3.20. The monoisotopic (exact) mass is 243 g/mol. The third-order valence-electron chi connectivity index (χ3n) is 1.56. The van der Waals surface area contributed by atoms with Crippen LogP contribution >= 0.6 is 23.2 Å². The van der Waals surface area contributed by atoms with Gasteiger partial charge >= 0.3 is 5.97 Å². The number of hydrogen-bond donors (Lipinski definition) is 0. The number of carbonyl (C=O) groups is 1. The van der Waals surface area contributed by atoms with Gasteiger partial charge in [0.1, 0.15) is 0 Å². The van der Waals surface area contributed by atoms with Crippen LogP contribution in [0.25, 0.3) is 0 Å². The van der Waals surface area contributed by atoms with E-state index in [1.165, 1.54) is 12.1 Å². The SMILES string of the molecule is N#CCCC(=O)Oc1cc(Cl)ccc1Cl. The standard InChI is InChI=1S/C10H7Cl2NO2/c11-7-3-4-8(12)9(6-7)15-10(14)2-1-5-13/h3-4,6H,1-2H2. The minimum Gasteiger partial charge on any atom is -0.425 e. The molecule has 0 bridgehead atoms. The Morgan fingerprint density at radius 3 is 2.87 bits per heavy atom. The highest BCUT2D eigenvalue weighted by molar-refractivity contribution is 6.34. The van der Waals surface area contributed by atoms with E-state index < -0.39 is 5.97 Å². The Kier molecular flexibility index (Phi) is 4.41. The van der Waals surface area contributed by atoms with Crippen molar-refractivity contribution in [1.82, 2.24) is 0 Å². The van der Waals surface area contributed by atoms with Crippen LogP contribution in [0.2, 0.25) is 10.0 Å². The number of ether oxygens (including phenoxy) is 1. The van der Waals surface area contributed by atoms with Gasteiger partial charge in [0, 0.05) is 17.5 Å². The van der Waals surface area contributed by atoms with Crippen molar-refractivity contribution in [1.29, 1.82) is 5.26 Å². The molecule has 0 N–H and O–H groups in total. The molecule has 3 nitrogen and oxygen atoms in total. The van der Waals surface area contributed by atoms with Crippen LogP contribution in [0.5, 0.6) is 5.75 Å². The molecule has 0 aromatic heterocycles. The lowest BCUT2D eigenvalue weighted by molar-refractivity contribution is -0.134. The van der Waals surface area contributed by atoms with E-state index in [1.807, 2.05) is 6.07 Å². The van der Waals surface area contributed by atoms with Crippen molar-refractivity contribution in [3.63, 3.8) is 0 Å². The lowest BCUT2D eigenvalue weighted by atomic mass is 10.3. The molecular weight excluding hydrogens is 237 g/mol. The third kappa shape index (κ3) is 3.78. The number of halogens is 2. The molecule has 0 spiro atoms. The molecule has 0 aliphatic rings. The van der Waals surface area contributed by atoms with Gasteiger partial charge in [-0.25, -0.2) is 0 Å². The van der Waals surface area contributed by atoms with Gasteiger partial charge in [0.05, 0.1) is 17.5 Å². The fraction of sp³-hybridized carbons (Fsp3) is 0.200. The van der Waals surface area contributed by atoms with E-state index in [9.17, 15) is 4.79 Å². The summed E-state index contributed by atoms with van der Waals surface area (Å²) in [4.78, 5) is 11.2. The molecule has 0 saturated carbocycles. The van der Waals surface area contributed by atoms with Crippen LogP contribution in [0.1, 0.15) is 12.8 Å². The normalized spacial score (nSPS) is 9.40. The second kappa shape index (κ2) is 5.59. The Morgan fingerprint density at radius 1 is 1.47 bits per heavy atom. The summed E-state index contributed by atoms with van der Waals surface area (Å²) in [6, 6.07) is 6.44. The number of esters is 1. The van der Waals surface area contributed by atoms with Gasteiger partial charge in [-0.2, -0.15) is 5.26 Å². The van der Waals surface area contributed by atoms with Crippen LogP contribution in [-0.2, 0) is 4.79 Å².